The minimum atomic E-state index is -0.150. The van der Waals surface area contributed by atoms with Crippen molar-refractivity contribution < 1.29 is 4.42 Å². The van der Waals surface area contributed by atoms with Crippen molar-refractivity contribution >= 4 is 39.0 Å². The van der Waals surface area contributed by atoms with Gasteiger partial charge < -0.3 is 9.32 Å². The van der Waals surface area contributed by atoms with Crippen molar-refractivity contribution in [1.82, 2.24) is 0 Å². The van der Waals surface area contributed by atoms with Crippen LogP contribution in [0.3, 0.4) is 0 Å². The minimum Gasteiger partial charge on any atom is -0.455 e. The first kappa shape index (κ1) is 31.1. The van der Waals surface area contributed by atoms with Crippen LogP contribution in [0.5, 0.6) is 0 Å². The van der Waals surface area contributed by atoms with E-state index in [1.165, 1.54) is 61.0 Å². The molecule has 0 spiro atoms. The van der Waals surface area contributed by atoms with E-state index in [-0.39, 0.29) is 5.41 Å². The van der Waals surface area contributed by atoms with Crippen molar-refractivity contribution in [3.8, 4) is 44.5 Å². The normalized spacial score (nSPS) is 12.9. The highest BCUT2D eigenvalue weighted by Crippen LogP contribution is 2.54. The number of benzene rings is 8. The third-order valence-electron chi connectivity index (χ3n) is 11.1. The van der Waals surface area contributed by atoms with Gasteiger partial charge in [0.2, 0.25) is 0 Å². The second-order valence-electron chi connectivity index (χ2n) is 14.5. The average Bonchev–Trinajstić information content (AvgIpc) is 3.72. The number of hydrogen-bond acceptors (Lipinski definition) is 2. The number of fused-ring (bicyclic) bond motifs is 7. The van der Waals surface area contributed by atoms with Crippen LogP contribution in [0.2, 0.25) is 0 Å². The second kappa shape index (κ2) is 12.3. The van der Waals surface area contributed by atoms with E-state index in [4.69, 9.17) is 4.42 Å². The summed E-state index contributed by atoms with van der Waals surface area (Å²) in [6, 6.07) is 67.6. The average molecular weight is 680 g/mol. The molecule has 0 fully saturated rings. The molecule has 252 valence electrons. The van der Waals surface area contributed by atoms with Crippen LogP contribution in [0.25, 0.3) is 66.4 Å². The number of furan rings is 1. The molecule has 1 aliphatic carbocycles. The largest absolute Gasteiger partial charge is 0.455 e. The van der Waals surface area contributed by atoms with Gasteiger partial charge in [0.05, 0.1) is 0 Å². The van der Waals surface area contributed by atoms with Crippen LogP contribution in [-0.2, 0) is 5.41 Å². The van der Waals surface area contributed by atoms with Crippen LogP contribution >= 0.6 is 0 Å². The molecule has 8 aromatic carbocycles. The molecular formula is C51H37NO. The second-order valence-corrected chi connectivity index (χ2v) is 14.5. The zero-order valence-corrected chi connectivity index (χ0v) is 29.8. The fourth-order valence-corrected chi connectivity index (χ4v) is 8.38. The molecule has 10 rings (SSSR count). The molecule has 0 saturated heterocycles. The number of anilines is 3. The van der Waals surface area contributed by atoms with Gasteiger partial charge in [-0.25, -0.2) is 0 Å². The van der Waals surface area contributed by atoms with Crippen LogP contribution in [0.1, 0.15) is 25.0 Å². The van der Waals surface area contributed by atoms with E-state index in [9.17, 15) is 0 Å². The van der Waals surface area contributed by atoms with Gasteiger partial charge in [0, 0.05) is 38.8 Å². The van der Waals surface area contributed by atoms with Crippen LogP contribution in [0, 0.1) is 0 Å². The molecule has 0 bridgehead atoms. The highest BCUT2D eigenvalue weighted by molar-refractivity contribution is 6.18. The highest BCUT2D eigenvalue weighted by atomic mass is 16.3. The van der Waals surface area contributed by atoms with Gasteiger partial charge >= 0.3 is 0 Å². The third-order valence-corrected chi connectivity index (χ3v) is 11.1. The molecular weight excluding hydrogens is 643 g/mol. The number of nitrogens with zero attached hydrogens (tertiary/aromatic N) is 1. The molecule has 1 heterocycles. The Bertz CT molecular complexity index is 2670. The van der Waals surface area contributed by atoms with Crippen molar-refractivity contribution in [2.75, 3.05) is 4.90 Å². The van der Waals surface area contributed by atoms with E-state index in [0.717, 1.165) is 33.6 Å². The van der Waals surface area contributed by atoms with Crippen LogP contribution in [0.15, 0.2) is 192 Å². The molecule has 1 aromatic heterocycles. The first-order valence-corrected chi connectivity index (χ1v) is 18.3. The molecule has 0 unspecified atom stereocenters. The summed E-state index contributed by atoms with van der Waals surface area (Å²) in [6.45, 7) is 4.67. The van der Waals surface area contributed by atoms with Crippen molar-refractivity contribution in [1.29, 1.82) is 0 Å². The van der Waals surface area contributed by atoms with Gasteiger partial charge in [0.15, 0.2) is 0 Å². The summed E-state index contributed by atoms with van der Waals surface area (Å²) in [7, 11) is 0. The van der Waals surface area contributed by atoms with Crippen molar-refractivity contribution in [3.63, 3.8) is 0 Å². The summed E-state index contributed by atoms with van der Waals surface area (Å²) < 4.78 is 6.76. The molecule has 9 aromatic rings. The molecule has 1 aliphatic rings. The minimum absolute atomic E-state index is 0.150. The lowest BCUT2D eigenvalue weighted by Crippen LogP contribution is -2.15. The van der Waals surface area contributed by atoms with Crippen LogP contribution < -0.4 is 4.90 Å². The molecule has 0 aliphatic heterocycles. The van der Waals surface area contributed by atoms with Crippen LogP contribution in [0.4, 0.5) is 17.1 Å². The first-order chi connectivity index (χ1) is 26.0. The fourth-order valence-electron chi connectivity index (χ4n) is 8.38. The summed E-state index contributed by atoms with van der Waals surface area (Å²) in [5.74, 6) is 0. The van der Waals surface area contributed by atoms with E-state index in [0.29, 0.717) is 0 Å². The Balaban J connectivity index is 1.11. The van der Waals surface area contributed by atoms with Crippen LogP contribution in [-0.4, -0.2) is 0 Å². The highest BCUT2D eigenvalue weighted by Gasteiger charge is 2.38. The molecule has 0 amide bonds. The lowest BCUT2D eigenvalue weighted by Gasteiger charge is -2.26. The standard InChI is InChI=1S/C51H37NO/c1-51(2)45-19-11-9-17-42(45)49-46(51)33-44(48-43-18-10-12-20-47(43)53-50(48)49)38-25-31-41(32-26-38)52(39-27-21-36(22-28-39)34-13-5-3-6-14-34)40-29-23-37(24-30-40)35-15-7-4-8-16-35/h3-33H,1-2H3. The topological polar surface area (TPSA) is 16.4 Å². The van der Waals surface area contributed by atoms with Gasteiger partial charge in [-0.15, -0.1) is 0 Å². The Morgan fingerprint density at radius 1 is 0.415 bits per heavy atom. The maximum absolute atomic E-state index is 6.76. The van der Waals surface area contributed by atoms with E-state index >= 15 is 0 Å². The maximum Gasteiger partial charge on any atom is 0.144 e. The van der Waals surface area contributed by atoms with E-state index in [2.05, 4.69) is 207 Å². The van der Waals surface area contributed by atoms with E-state index in [1.807, 2.05) is 0 Å². The summed E-state index contributed by atoms with van der Waals surface area (Å²) in [5.41, 5.74) is 17.4. The lowest BCUT2D eigenvalue weighted by atomic mass is 9.81. The monoisotopic (exact) mass is 679 g/mol. The zero-order chi connectivity index (χ0) is 35.5. The Morgan fingerprint density at radius 3 is 1.47 bits per heavy atom. The molecule has 0 atom stereocenters. The zero-order valence-electron chi connectivity index (χ0n) is 29.8. The third kappa shape index (κ3) is 5.10. The van der Waals surface area contributed by atoms with Crippen molar-refractivity contribution in [3.05, 3.63) is 199 Å². The SMILES string of the molecule is CC1(C)c2ccccc2-c2c1cc(-c1ccc(N(c3ccc(-c4ccccc4)cc3)c3ccc(-c4ccccc4)cc3)cc1)c1c2oc2ccccc21. The molecule has 2 heteroatoms. The van der Waals surface area contributed by atoms with Gasteiger partial charge in [-0.3, -0.25) is 0 Å². The Hall–Kier alpha value is -6.64. The quantitative estimate of drug-likeness (QED) is 0.174. The van der Waals surface area contributed by atoms with E-state index in [1.54, 1.807) is 0 Å². The first-order valence-electron chi connectivity index (χ1n) is 18.3. The Kier molecular flexibility index (Phi) is 7.19. The van der Waals surface area contributed by atoms with E-state index < -0.39 is 0 Å². The molecule has 0 N–H and O–H groups in total. The predicted octanol–water partition coefficient (Wildman–Crippen LogP) is 14.4. The number of rotatable bonds is 6. The molecule has 0 radical (unpaired) electrons. The Morgan fingerprint density at radius 2 is 0.887 bits per heavy atom. The molecule has 53 heavy (non-hydrogen) atoms. The van der Waals surface area contributed by atoms with Gasteiger partial charge in [-0.2, -0.15) is 0 Å². The molecule has 0 saturated carbocycles. The van der Waals surface area contributed by atoms with Gasteiger partial charge in [0.1, 0.15) is 11.2 Å². The summed E-state index contributed by atoms with van der Waals surface area (Å²) in [5, 5.41) is 2.31. The molecule has 2 nitrogen and oxygen atoms in total. The van der Waals surface area contributed by atoms with Gasteiger partial charge in [-0.05, 0) is 98.6 Å². The number of hydrogen-bond donors (Lipinski definition) is 0. The summed E-state index contributed by atoms with van der Waals surface area (Å²) in [6.07, 6.45) is 0. The van der Waals surface area contributed by atoms with Crippen molar-refractivity contribution in [2.24, 2.45) is 0 Å². The number of para-hydroxylation sites is 1. The summed E-state index contributed by atoms with van der Waals surface area (Å²) >= 11 is 0. The Labute approximate surface area is 310 Å². The van der Waals surface area contributed by atoms with Gasteiger partial charge in [-0.1, -0.05) is 153 Å². The van der Waals surface area contributed by atoms with Crippen molar-refractivity contribution in [2.45, 2.75) is 19.3 Å². The lowest BCUT2D eigenvalue weighted by molar-refractivity contribution is 0.653. The smallest absolute Gasteiger partial charge is 0.144 e. The summed E-state index contributed by atoms with van der Waals surface area (Å²) in [4.78, 5) is 2.35. The predicted molar refractivity (Wildman–Crippen MR) is 222 cm³/mol. The maximum atomic E-state index is 6.76. The van der Waals surface area contributed by atoms with Gasteiger partial charge in [0.25, 0.3) is 0 Å². The fraction of sp³-hybridized carbons (Fsp3) is 0.0588.